The van der Waals surface area contributed by atoms with Gasteiger partial charge in [0.05, 0.1) is 5.54 Å². The van der Waals surface area contributed by atoms with Crippen molar-refractivity contribution in [1.29, 1.82) is 0 Å². The molecule has 25 heteroatoms. The molecule has 0 saturated carbocycles. The van der Waals surface area contributed by atoms with Crippen molar-refractivity contribution in [2.75, 3.05) is 59.0 Å². The van der Waals surface area contributed by atoms with Gasteiger partial charge in [-0.3, -0.25) is 25.1 Å². The Balaban J connectivity index is 2.13. The number of guanidine groups is 2. The molecule has 25 nitrogen and oxygen atoms in total. The first-order valence-corrected chi connectivity index (χ1v) is 30.3. The van der Waals surface area contributed by atoms with Gasteiger partial charge in [0.15, 0.2) is 0 Å². The molecule has 0 heterocycles. The lowest BCUT2D eigenvalue weighted by atomic mass is 9.95. The van der Waals surface area contributed by atoms with Crippen LogP contribution in [0.1, 0.15) is 181 Å². The highest BCUT2D eigenvalue weighted by atomic mass is 16.6. The van der Waals surface area contributed by atoms with Gasteiger partial charge < -0.3 is 66.5 Å². The van der Waals surface area contributed by atoms with Gasteiger partial charge in [-0.15, -0.1) is 9.98 Å². The molecule has 2 atom stereocenters. The number of ether oxygens (including phenoxy) is 6. The molecule has 0 aliphatic heterocycles. The summed E-state index contributed by atoms with van der Waals surface area (Å²) in [5.41, 5.74) is 8.26. The molecule has 0 aromatic heterocycles. The number of hydrogen-bond acceptors (Lipinski definition) is 16. The second kappa shape index (κ2) is 36.4. The molecule has 0 saturated heterocycles. The number of nitrogens with zero attached hydrogens (tertiary/aromatic N) is 3. The number of hydrogen-bond donors (Lipinski definition) is 9. The Morgan fingerprint density at radius 2 is 0.989 bits per heavy atom. The van der Waals surface area contributed by atoms with Crippen molar-refractivity contribution in [1.82, 2.24) is 42.1 Å². The predicted octanol–water partition coefficient (Wildman–Crippen LogP) is 8.58. The highest BCUT2D eigenvalue weighted by Crippen LogP contribution is 2.23. The number of carbonyl (C=O) groups is 7. The molecule has 2 aromatic carbocycles. The summed E-state index contributed by atoms with van der Waals surface area (Å²) in [5, 5.41) is 21.7. The molecule has 0 spiro atoms. The molecule has 2 rings (SSSR count). The van der Waals surface area contributed by atoms with Crippen LogP contribution in [0, 0.1) is 0 Å². The number of aliphatic imine (C=N–C) groups is 2. The maximum Gasteiger partial charge on any atom is 0.437 e. The highest BCUT2D eigenvalue weighted by Gasteiger charge is 2.29. The van der Waals surface area contributed by atoms with E-state index < -0.39 is 76.0 Å². The Hall–Kier alpha value is -6.99. The Kier molecular flexibility index (Phi) is 31.8. The highest BCUT2D eigenvalue weighted by molar-refractivity contribution is 5.99. The van der Waals surface area contributed by atoms with Gasteiger partial charge in [0, 0.05) is 32.7 Å². The Bertz CT molecular complexity index is 2580. The fraction of sp³-hybridized carbons (Fsp3) is 0.694. The van der Waals surface area contributed by atoms with Gasteiger partial charge in [-0.25, -0.2) is 24.0 Å². The number of rotatable bonds is 29. The molecular formula is C62H106N12O13. The Labute approximate surface area is 516 Å². The van der Waals surface area contributed by atoms with E-state index in [2.05, 4.69) is 76.4 Å². The second-order valence-electron chi connectivity index (χ2n) is 26.6. The smallest absolute Gasteiger partial charge is 0.437 e. The number of nitrogens with two attached hydrogens (primary N) is 2. The van der Waals surface area contributed by atoms with E-state index in [0.29, 0.717) is 84.3 Å². The first-order chi connectivity index (χ1) is 40.3. The third kappa shape index (κ3) is 37.3. The summed E-state index contributed by atoms with van der Waals surface area (Å²) in [6.45, 7) is 31.1. The molecule has 87 heavy (non-hydrogen) atoms. The fourth-order valence-electron chi connectivity index (χ4n) is 8.08. The van der Waals surface area contributed by atoms with E-state index in [1.165, 1.54) is 5.56 Å². The van der Waals surface area contributed by atoms with Crippen molar-refractivity contribution in [3.8, 4) is 5.75 Å². The average Bonchev–Trinajstić information content (AvgIpc) is 3.16. The number of amides is 7. The van der Waals surface area contributed by atoms with Gasteiger partial charge in [0.2, 0.25) is 23.7 Å². The van der Waals surface area contributed by atoms with Crippen LogP contribution >= 0.6 is 0 Å². The van der Waals surface area contributed by atoms with Crippen molar-refractivity contribution >= 4 is 65.0 Å². The summed E-state index contributed by atoms with van der Waals surface area (Å²) in [4.78, 5) is 100. The molecule has 7 amide bonds. The number of alkyl carbamates (subject to hydrolysis) is 3. The zero-order chi connectivity index (χ0) is 65.7. The summed E-state index contributed by atoms with van der Waals surface area (Å²) in [6.07, 6.45) is 2.37. The summed E-state index contributed by atoms with van der Waals surface area (Å²) in [5.74, 6) is -0.300. The van der Waals surface area contributed by atoms with Crippen LogP contribution in [0.15, 0.2) is 46.4 Å². The summed E-state index contributed by atoms with van der Waals surface area (Å²) < 4.78 is 33.0. The summed E-state index contributed by atoms with van der Waals surface area (Å²) >= 11 is 0. The first kappa shape index (κ1) is 76.1. The molecule has 0 fully saturated rings. The van der Waals surface area contributed by atoms with Gasteiger partial charge in [-0.1, -0.05) is 24.3 Å². The van der Waals surface area contributed by atoms with Gasteiger partial charge in [-0.2, -0.15) is 0 Å². The predicted molar refractivity (Wildman–Crippen MR) is 339 cm³/mol. The van der Waals surface area contributed by atoms with Crippen molar-refractivity contribution in [3.63, 3.8) is 0 Å². The van der Waals surface area contributed by atoms with E-state index in [9.17, 15) is 33.6 Å². The number of benzene rings is 2. The topological polar surface area (TPSA) is 339 Å². The second-order valence-corrected chi connectivity index (χ2v) is 26.6. The van der Waals surface area contributed by atoms with E-state index in [4.69, 9.17) is 39.9 Å². The monoisotopic (exact) mass is 1230 g/mol. The lowest BCUT2D eigenvalue weighted by Gasteiger charge is -2.25. The SMILES string of the molecule is CC(C)(C)OC(=O)/N=C(\NCCCC[C@@H](NC(=O)OC(C)(C)C)C(=O)NCCCN(CCCNC(=O)[C@@](C)(N)CCCCN/C(=N\C(=O)OC(C)(C)C)NC(=O)OC(C)(C)C)CCOc1ccc2cc(CCCCN)ccc2c1)NC(=O)OC(C)(C)C. The minimum Gasteiger partial charge on any atom is -0.492 e. The lowest BCUT2D eigenvalue weighted by Crippen LogP contribution is -2.52. The Morgan fingerprint density at radius 3 is 1.51 bits per heavy atom. The maximum absolute atomic E-state index is 13.8. The van der Waals surface area contributed by atoms with Crippen molar-refractivity contribution in [3.05, 3.63) is 42.0 Å². The number of fused-ring (bicyclic) bond motifs is 1. The largest absolute Gasteiger partial charge is 0.492 e. The molecule has 0 aliphatic rings. The van der Waals surface area contributed by atoms with Crippen LogP contribution in [0.4, 0.5) is 24.0 Å². The number of nitrogens with one attached hydrogen (secondary N) is 7. The molecule has 0 radical (unpaired) electrons. The van der Waals surface area contributed by atoms with Gasteiger partial charge in [-0.05, 0) is 230 Å². The molecule has 11 N–H and O–H groups in total. The van der Waals surface area contributed by atoms with Gasteiger partial charge in [0.25, 0.3) is 0 Å². The molecule has 0 unspecified atom stereocenters. The first-order valence-electron chi connectivity index (χ1n) is 30.3. The summed E-state index contributed by atoms with van der Waals surface area (Å²) in [6, 6.07) is 11.5. The number of carbonyl (C=O) groups excluding carboxylic acids is 7. The van der Waals surface area contributed by atoms with E-state index in [1.807, 2.05) is 12.1 Å². The van der Waals surface area contributed by atoms with Crippen molar-refractivity contribution < 1.29 is 62.0 Å². The molecular weight excluding hydrogens is 1120 g/mol. The van der Waals surface area contributed by atoms with Crippen LogP contribution in [0.2, 0.25) is 0 Å². The fourth-order valence-corrected chi connectivity index (χ4v) is 8.08. The zero-order valence-corrected chi connectivity index (χ0v) is 55.0. The number of unbranched alkanes of at least 4 members (excludes halogenated alkanes) is 3. The molecule has 492 valence electrons. The zero-order valence-electron chi connectivity index (χ0n) is 55.0. The Morgan fingerprint density at radius 1 is 0.517 bits per heavy atom. The van der Waals surface area contributed by atoms with Gasteiger partial charge >= 0.3 is 30.5 Å². The quantitative estimate of drug-likeness (QED) is 0.0159. The minimum absolute atomic E-state index is 0.136. The van der Waals surface area contributed by atoms with Crippen molar-refractivity contribution in [2.45, 2.75) is 221 Å². The third-order valence-electron chi connectivity index (χ3n) is 11.9. The van der Waals surface area contributed by atoms with Crippen LogP contribution in [-0.2, 0) is 39.7 Å². The third-order valence-corrected chi connectivity index (χ3v) is 11.9. The lowest BCUT2D eigenvalue weighted by molar-refractivity contribution is -0.126. The van der Waals surface area contributed by atoms with Crippen LogP contribution < -0.4 is 53.4 Å². The van der Waals surface area contributed by atoms with E-state index in [1.54, 1.807) is 111 Å². The number of aryl methyl sites for hydroxylation is 1. The normalized spacial score (nSPS) is 13.6. The standard InChI is InChI=1S/C62H106N12O13/c1-57(2,3)83-52(77)69-47(26-18-21-33-67-50(70-53(78)84-58(4,5)6)71-54(79)85-59(7,8)9)48(75)65-35-23-37-74(39-40-82-46-30-29-44-41-43(25-17-20-32-63)27-28-45(44)42-46)38-24-36-66-49(76)62(16,64)31-19-22-34-68-51(72-55(80)86-60(10,11)12)73-56(81)87-61(13,14)15/h27-30,41-42,47H,17-26,31-40,63-64H2,1-16H3,(H,65,75)(H,66,76)(H,69,77)(H2,67,70,71,78,79)(H2,68,72,73,80,81)/t47-,62+/m1/s1. The average molecular weight is 1230 g/mol. The minimum atomic E-state index is -1.20. The van der Waals surface area contributed by atoms with Crippen LogP contribution in [0.3, 0.4) is 0 Å². The van der Waals surface area contributed by atoms with Crippen LogP contribution in [0.5, 0.6) is 5.75 Å². The van der Waals surface area contributed by atoms with Gasteiger partial charge in [0.1, 0.15) is 46.4 Å². The van der Waals surface area contributed by atoms with Crippen LogP contribution in [-0.4, -0.2) is 158 Å². The molecule has 2 aromatic rings. The van der Waals surface area contributed by atoms with E-state index in [0.717, 1.165) is 35.8 Å². The van der Waals surface area contributed by atoms with E-state index >= 15 is 0 Å². The molecule has 0 aliphatic carbocycles. The van der Waals surface area contributed by atoms with Crippen molar-refractivity contribution in [2.24, 2.45) is 21.5 Å². The van der Waals surface area contributed by atoms with Crippen LogP contribution in [0.25, 0.3) is 10.8 Å². The molecule has 0 bridgehead atoms. The van der Waals surface area contributed by atoms with E-state index in [-0.39, 0.29) is 43.9 Å². The summed E-state index contributed by atoms with van der Waals surface area (Å²) in [7, 11) is 0. The maximum atomic E-state index is 13.8.